The van der Waals surface area contributed by atoms with Crippen LogP contribution in [-0.4, -0.2) is 75.8 Å². The number of carbonyl (C=O) groups excluding carboxylic acids is 3. The van der Waals surface area contributed by atoms with Gasteiger partial charge in [0.25, 0.3) is 11.7 Å². The summed E-state index contributed by atoms with van der Waals surface area (Å²) in [7, 11) is 1.27. The number of Topliss-reactive ketones (excluding diaryl/α,β-unsaturated/α-hetero) is 1. The molecule has 1 fully saturated rings. The van der Waals surface area contributed by atoms with Crippen LogP contribution in [0.4, 0.5) is 0 Å². The molecule has 1 aliphatic heterocycles. The van der Waals surface area contributed by atoms with Crippen LogP contribution in [0.15, 0.2) is 30.1 Å². The van der Waals surface area contributed by atoms with Gasteiger partial charge in [0.2, 0.25) is 0 Å². The maximum Gasteiger partial charge on any atom is 0.354 e. The highest BCUT2D eigenvalue weighted by atomic mass is 16.5. The number of carbonyl (C=O) groups is 3. The van der Waals surface area contributed by atoms with Gasteiger partial charge in [-0.05, 0) is 57.1 Å². The van der Waals surface area contributed by atoms with Crippen molar-refractivity contribution in [2.75, 3.05) is 33.3 Å². The lowest BCUT2D eigenvalue weighted by atomic mass is 9.95. The summed E-state index contributed by atoms with van der Waals surface area (Å²) in [5.41, 5.74) is 2.06. The smallest absolute Gasteiger partial charge is 0.354 e. The fourth-order valence-electron chi connectivity index (χ4n) is 4.55. The van der Waals surface area contributed by atoms with Gasteiger partial charge in [-0.25, -0.2) is 4.79 Å². The summed E-state index contributed by atoms with van der Waals surface area (Å²) >= 11 is 0. The predicted octanol–water partition coefficient (Wildman–Crippen LogP) is 2.97. The second-order valence-corrected chi connectivity index (χ2v) is 8.28. The van der Waals surface area contributed by atoms with E-state index in [4.69, 9.17) is 4.74 Å². The summed E-state index contributed by atoms with van der Waals surface area (Å²) in [6.45, 7) is 10.4. The Kier molecular flexibility index (Phi) is 7.88. The maximum absolute atomic E-state index is 13.2. The Hall–Kier alpha value is -3.46. The molecule has 3 heterocycles. The second kappa shape index (κ2) is 10.6. The van der Waals surface area contributed by atoms with E-state index in [0.717, 1.165) is 19.6 Å². The third-order valence-electron chi connectivity index (χ3n) is 6.37. The highest BCUT2D eigenvalue weighted by Crippen LogP contribution is 2.40. The number of likely N-dealkylation sites (tertiary alicyclic amines) is 1. The van der Waals surface area contributed by atoms with Gasteiger partial charge in [0.05, 0.1) is 18.7 Å². The monoisotopic (exact) mass is 468 g/mol. The zero-order valence-corrected chi connectivity index (χ0v) is 20.3. The topological polar surface area (TPSA) is 116 Å². The molecular weight excluding hydrogens is 436 g/mol. The number of ether oxygens (including phenoxy) is 1. The van der Waals surface area contributed by atoms with Crippen molar-refractivity contribution in [1.82, 2.24) is 19.8 Å². The number of nitrogens with one attached hydrogen (secondary N) is 1. The minimum Gasteiger partial charge on any atom is -0.507 e. The Balaban J connectivity index is 2.09. The van der Waals surface area contributed by atoms with Crippen molar-refractivity contribution in [3.63, 3.8) is 0 Å². The van der Waals surface area contributed by atoms with E-state index < -0.39 is 23.7 Å². The number of hydrogen-bond donors (Lipinski definition) is 2. The normalized spacial score (nSPS) is 17.6. The molecule has 0 aromatic carbocycles. The standard InChI is InChI=1S/C25H32N4O5/c1-6-28(7-2)12-9-13-29-21(17-10-8-11-26-14-17)19(23(31)24(29)32)22(30)18-15(3)20(25(33)34-5)27-16(18)4/h8,10-11,14,21,27,30H,6-7,9,12-13H2,1-5H3/b22-19+/t21-/m1/s1. The number of H-pyrrole nitrogens is 1. The number of aromatic amines is 1. The molecule has 2 aromatic heterocycles. The third-order valence-corrected chi connectivity index (χ3v) is 6.37. The van der Waals surface area contributed by atoms with Crippen molar-refractivity contribution in [1.29, 1.82) is 0 Å². The number of aryl methyl sites for hydroxylation is 1. The summed E-state index contributed by atoms with van der Waals surface area (Å²) in [6.07, 6.45) is 3.89. The fourth-order valence-corrected chi connectivity index (χ4v) is 4.55. The minimum absolute atomic E-state index is 0.0116. The molecular formula is C25H32N4O5. The lowest BCUT2D eigenvalue weighted by molar-refractivity contribution is -0.140. The first-order valence-corrected chi connectivity index (χ1v) is 11.4. The SMILES string of the molecule is CCN(CC)CCCN1C(=O)C(=O)/C(=C(/O)c2c(C)[nH]c(C(=O)OC)c2C)[C@H]1c1cccnc1. The molecule has 0 spiro atoms. The van der Waals surface area contributed by atoms with Gasteiger partial charge in [0, 0.05) is 30.2 Å². The molecule has 0 unspecified atom stereocenters. The largest absolute Gasteiger partial charge is 0.507 e. The number of aliphatic hydroxyl groups is 1. The van der Waals surface area contributed by atoms with Gasteiger partial charge in [-0.1, -0.05) is 19.9 Å². The molecule has 1 atom stereocenters. The van der Waals surface area contributed by atoms with Crippen LogP contribution in [0.5, 0.6) is 0 Å². The van der Waals surface area contributed by atoms with E-state index in [1.807, 2.05) is 0 Å². The van der Waals surface area contributed by atoms with Crippen molar-refractivity contribution in [2.24, 2.45) is 0 Å². The van der Waals surface area contributed by atoms with Gasteiger partial charge in [0.15, 0.2) is 0 Å². The minimum atomic E-state index is -0.777. The van der Waals surface area contributed by atoms with Gasteiger partial charge >= 0.3 is 5.97 Å². The van der Waals surface area contributed by atoms with Crippen molar-refractivity contribution >= 4 is 23.4 Å². The number of nitrogens with zero attached hydrogens (tertiary/aromatic N) is 3. The Morgan fingerprint density at radius 1 is 1.26 bits per heavy atom. The zero-order chi connectivity index (χ0) is 25.0. The molecule has 9 nitrogen and oxygen atoms in total. The number of esters is 1. The number of methoxy groups -OCH3 is 1. The van der Waals surface area contributed by atoms with Gasteiger partial charge in [-0.2, -0.15) is 0 Å². The number of pyridine rings is 1. The lowest BCUT2D eigenvalue weighted by Gasteiger charge is -2.26. The first kappa shape index (κ1) is 25.2. The third kappa shape index (κ3) is 4.61. The van der Waals surface area contributed by atoms with Gasteiger partial charge < -0.3 is 24.6 Å². The zero-order valence-electron chi connectivity index (χ0n) is 20.3. The predicted molar refractivity (Wildman–Crippen MR) is 127 cm³/mol. The van der Waals surface area contributed by atoms with Gasteiger partial charge in [-0.15, -0.1) is 0 Å². The van der Waals surface area contributed by atoms with Crippen LogP contribution in [0, 0.1) is 13.8 Å². The van der Waals surface area contributed by atoms with E-state index >= 15 is 0 Å². The van der Waals surface area contributed by atoms with Crippen molar-refractivity contribution in [3.8, 4) is 0 Å². The number of ketones is 1. The summed E-state index contributed by atoms with van der Waals surface area (Å²) in [5, 5.41) is 11.4. The van der Waals surface area contributed by atoms with Crippen molar-refractivity contribution < 1.29 is 24.2 Å². The Bertz CT molecular complexity index is 1100. The molecule has 34 heavy (non-hydrogen) atoms. The summed E-state index contributed by atoms with van der Waals surface area (Å²) in [4.78, 5) is 49.3. The quantitative estimate of drug-likeness (QED) is 0.252. The fraction of sp³-hybridized carbons (Fsp3) is 0.440. The van der Waals surface area contributed by atoms with E-state index in [0.29, 0.717) is 35.3 Å². The molecule has 0 saturated carbocycles. The average molecular weight is 469 g/mol. The van der Waals surface area contributed by atoms with Gasteiger partial charge in [-0.3, -0.25) is 14.6 Å². The highest BCUT2D eigenvalue weighted by Gasteiger charge is 2.46. The van der Waals surface area contributed by atoms with E-state index in [1.54, 1.807) is 38.4 Å². The molecule has 1 amide bonds. The first-order valence-electron chi connectivity index (χ1n) is 11.4. The maximum atomic E-state index is 13.2. The highest BCUT2D eigenvalue weighted by molar-refractivity contribution is 6.46. The lowest BCUT2D eigenvalue weighted by Crippen LogP contribution is -2.33. The number of rotatable bonds is 9. The average Bonchev–Trinajstić information content (AvgIpc) is 3.28. The van der Waals surface area contributed by atoms with Gasteiger partial charge in [0.1, 0.15) is 11.5 Å². The Labute approximate surface area is 199 Å². The summed E-state index contributed by atoms with van der Waals surface area (Å²) in [6, 6.07) is 2.74. The molecule has 1 aliphatic rings. The van der Waals surface area contributed by atoms with Crippen LogP contribution in [0.3, 0.4) is 0 Å². The van der Waals surface area contributed by atoms with Crippen LogP contribution in [-0.2, 0) is 14.3 Å². The number of amides is 1. The molecule has 0 bridgehead atoms. The van der Waals surface area contributed by atoms with Crippen LogP contribution < -0.4 is 0 Å². The number of aliphatic hydroxyl groups excluding tert-OH is 1. The number of aromatic nitrogens is 2. The molecule has 1 saturated heterocycles. The van der Waals surface area contributed by atoms with Crippen LogP contribution in [0.1, 0.15) is 59.2 Å². The molecule has 182 valence electrons. The van der Waals surface area contributed by atoms with Crippen molar-refractivity contribution in [2.45, 2.75) is 40.2 Å². The number of hydrogen-bond acceptors (Lipinski definition) is 7. The van der Waals surface area contributed by atoms with E-state index in [-0.39, 0.29) is 17.0 Å². The molecule has 9 heteroatoms. The first-order chi connectivity index (χ1) is 16.3. The van der Waals surface area contributed by atoms with E-state index in [2.05, 4.69) is 28.7 Å². The molecule has 0 radical (unpaired) electrons. The molecule has 2 aromatic rings. The van der Waals surface area contributed by atoms with E-state index in [1.165, 1.54) is 12.0 Å². The van der Waals surface area contributed by atoms with Crippen molar-refractivity contribution in [3.05, 3.63) is 58.2 Å². The molecule has 2 N–H and O–H groups in total. The summed E-state index contributed by atoms with van der Waals surface area (Å²) in [5.74, 6) is -2.32. The van der Waals surface area contributed by atoms with Crippen LogP contribution >= 0.6 is 0 Å². The molecule has 0 aliphatic carbocycles. The van der Waals surface area contributed by atoms with Crippen LogP contribution in [0.25, 0.3) is 5.76 Å². The summed E-state index contributed by atoms with van der Waals surface area (Å²) < 4.78 is 4.81. The second-order valence-electron chi connectivity index (χ2n) is 8.28. The Morgan fingerprint density at radius 2 is 1.97 bits per heavy atom. The Morgan fingerprint density at radius 3 is 2.56 bits per heavy atom. The van der Waals surface area contributed by atoms with Crippen LogP contribution in [0.2, 0.25) is 0 Å². The molecule has 3 rings (SSSR count). The van der Waals surface area contributed by atoms with E-state index in [9.17, 15) is 19.5 Å².